The summed E-state index contributed by atoms with van der Waals surface area (Å²) in [5, 5.41) is 0. The standard InChI is InChI=1S/C14H20N2O/c1-14(2,3)9-13-16-11-8-10(6-7-15)4-5-12(11)17-13/h4-5,8H,6-7,9,15H2,1-3H3. The van der Waals surface area contributed by atoms with Gasteiger partial charge in [-0.2, -0.15) is 0 Å². The molecule has 0 aliphatic rings. The quantitative estimate of drug-likeness (QED) is 0.885. The minimum Gasteiger partial charge on any atom is -0.441 e. The van der Waals surface area contributed by atoms with Crippen LogP contribution >= 0.6 is 0 Å². The topological polar surface area (TPSA) is 52.0 Å². The van der Waals surface area contributed by atoms with E-state index < -0.39 is 0 Å². The number of fused-ring (bicyclic) bond motifs is 1. The molecule has 17 heavy (non-hydrogen) atoms. The van der Waals surface area contributed by atoms with Crippen LogP contribution in [-0.2, 0) is 12.8 Å². The molecular weight excluding hydrogens is 212 g/mol. The molecule has 0 unspecified atom stereocenters. The summed E-state index contributed by atoms with van der Waals surface area (Å²) in [6.07, 6.45) is 1.74. The Morgan fingerprint density at radius 1 is 1.29 bits per heavy atom. The summed E-state index contributed by atoms with van der Waals surface area (Å²) in [5.74, 6) is 0.817. The molecule has 0 saturated carbocycles. The van der Waals surface area contributed by atoms with E-state index in [1.54, 1.807) is 0 Å². The zero-order valence-electron chi connectivity index (χ0n) is 10.8. The third-order valence-electron chi connectivity index (χ3n) is 2.61. The number of rotatable bonds is 3. The summed E-state index contributed by atoms with van der Waals surface area (Å²) in [7, 11) is 0. The Balaban J connectivity index is 2.30. The highest BCUT2D eigenvalue weighted by molar-refractivity contribution is 5.73. The molecule has 1 aromatic heterocycles. The van der Waals surface area contributed by atoms with Crippen molar-refractivity contribution >= 4 is 11.1 Å². The highest BCUT2D eigenvalue weighted by atomic mass is 16.3. The molecule has 0 aliphatic carbocycles. The number of nitrogens with two attached hydrogens (primary N) is 1. The Labute approximate surface area is 102 Å². The van der Waals surface area contributed by atoms with Crippen LogP contribution < -0.4 is 5.73 Å². The molecular formula is C14H20N2O. The normalized spacial score (nSPS) is 12.2. The zero-order valence-corrected chi connectivity index (χ0v) is 10.8. The van der Waals surface area contributed by atoms with E-state index in [9.17, 15) is 0 Å². The lowest BCUT2D eigenvalue weighted by Gasteiger charge is -2.14. The van der Waals surface area contributed by atoms with Crippen LogP contribution in [-0.4, -0.2) is 11.5 Å². The van der Waals surface area contributed by atoms with Crippen molar-refractivity contribution in [1.29, 1.82) is 0 Å². The fourth-order valence-corrected chi connectivity index (χ4v) is 1.87. The van der Waals surface area contributed by atoms with Gasteiger partial charge in [0.2, 0.25) is 0 Å². The van der Waals surface area contributed by atoms with Gasteiger partial charge in [0.1, 0.15) is 5.52 Å². The Hall–Kier alpha value is -1.35. The maximum atomic E-state index is 5.73. The van der Waals surface area contributed by atoms with Crippen molar-refractivity contribution in [3.8, 4) is 0 Å². The smallest absolute Gasteiger partial charge is 0.195 e. The summed E-state index contributed by atoms with van der Waals surface area (Å²) >= 11 is 0. The van der Waals surface area contributed by atoms with Gasteiger partial charge in [0.15, 0.2) is 11.5 Å². The molecule has 0 saturated heterocycles. The molecule has 2 rings (SSSR count). The van der Waals surface area contributed by atoms with Crippen LogP contribution in [0.4, 0.5) is 0 Å². The second kappa shape index (κ2) is 4.49. The average Bonchev–Trinajstić information content (AvgIpc) is 2.56. The van der Waals surface area contributed by atoms with E-state index in [2.05, 4.69) is 37.9 Å². The van der Waals surface area contributed by atoms with Crippen LogP contribution in [0.25, 0.3) is 11.1 Å². The number of aromatic nitrogens is 1. The Kier molecular flexibility index (Phi) is 3.20. The molecule has 92 valence electrons. The first kappa shape index (κ1) is 12.1. The third-order valence-corrected chi connectivity index (χ3v) is 2.61. The second-order valence-corrected chi connectivity index (χ2v) is 5.69. The van der Waals surface area contributed by atoms with E-state index in [4.69, 9.17) is 10.2 Å². The summed E-state index contributed by atoms with van der Waals surface area (Å²) in [4.78, 5) is 4.53. The van der Waals surface area contributed by atoms with Crippen molar-refractivity contribution < 1.29 is 4.42 Å². The van der Waals surface area contributed by atoms with E-state index in [1.165, 1.54) is 5.56 Å². The zero-order chi connectivity index (χ0) is 12.5. The summed E-state index contributed by atoms with van der Waals surface area (Å²) in [5.41, 5.74) is 8.77. The monoisotopic (exact) mass is 232 g/mol. The molecule has 1 heterocycles. The van der Waals surface area contributed by atoms with Crippen LogP contribution in [0.5, 0.6) is 0 Å². The van der Waals surface area contributed by atoms with Gasteiger partial charge in [-0.15, -0.1) is 0 Å². The molecule has 0 fully saturated rings. The van der Waals surface area contributed by atoms with E-state index in [-0.39, 0.29) is 5.41 Å². The number of hydrogen-bond acceptors (Lipinski definition) is 3. The predicted molar refractivity (Wildman–Crippen MR) is 69.9 cm³/mol. The van der Waals surface area contributed by atoms with Gasteiger partial charge in [-0.1, -0.05) is 26.8 Å². The maximum absolute atomic E-state index is 5.73. The maximum Gasteiger partial charge on any atom is 0.195 e. The molecule has 0 aliphatic heterocycles. The fraction of sp³-hybridized carbons (Fsp3) is 0.500. The predicted octanol–water partition coefficient (Wildman–Crippen LogP) is 2.92. The lowest BCUT2D eigenvalue weighted by molar-refractivity contribution is 0.362. The Morgan fingerprint density at radius 3 is 2.71 bits per heavy atom. The molecule has 3 heteroatoms. The molecule has 0 atom stereocenters. The van der Waals surface area contributed by atoms with E-state index in [0.717, 1.165) is 29.8 Å². The van der Waals surface area contributed by atoms with Gasteiger partial charge < -0.3 is 10.2 Å². The molecule has 1 aromatic carbocycles. The van der Waals surface area contributed by atoms with Gasteiger partial charge in [-0.3, -0.25) is 0 Å². The van der Waals surface area contributed by atoms with Crippen molar-refractivity contribution in [3.63, 3.8) is 0 Å². The molecule has 2 N–H and O–H groups in total. The number of hydrogen-bond donors (Lipinski definition) is 1. The largest absolute Gasteiger partial charge is 0.441 e. The van der Waals surface area contributed by atoms with E-state index in [1.807, 2.05) is 6.07 Å². The molecule has 0 spiro atoms. The average molecular weight is 232 g/mol. The number of benzene rings is 1. The summed E-state index contributed by atoms with van der Waals surface area (Å²) < 4.78 is 5.73. The highest BCUT2D eigenvalue weighted by Gasteiger charge is 2.16. The molecule has 0 radical (unpaired) electrons. The van der Waals surface area contributed by atoms with Crippen LogP contribution in [0.15, 0.2) is 22.6 Å². The Bertz CT molecular complexity index is 508. The first-order valence-electron chi connectivity index (χ1n) is 6.06. The first-order chi connectivity index (χ1) is 7.98. The summed E-state index contributed by atoms with van der Waals surface area (Å²) in [6, 6.07) is 6.11. The molecule has 3 nitrogen and oxygen atoms in total. The lowest BCUT2D eigenvalue weighted by atomic mass is 9.92. The van der Waals surface area contributed by atoms with Crippen molar-refractivity contribution in [2.45, 2.75) is 33.6 Å². The van der Waals surface area contributed by atoms with Gasteiger partial charge in [0.05, 0.1) is 0 Å². The molecule has 2 aromatic rings. The van der Waals surface area contributed by atoms with Gasteiger partial charge >= 0.3 is 0 Å². The van der Waals surface area contributed by atoms with Crippen molar-refractivity contribution in [3.05, 3.63) is 29.7 Å². The third kappa shape index (κ3) is 3.07. The van der Waals surface area contributed by atoms with Crippen LogP contribution in [0.2, 0.25) is 0 Å². The van der Waals surface area contributed by atoms with Crippen LogP contribution in [0, 0.1) is 5.41 Å². The van der Waals surface area contributed by atoms with Crippen molar-refractivity contribution in [2.75, 3.05) is 6.54 Å². The fourth-order valence-electron chi connectivity index (χ4n) is 1.87. The SMILES string of the molecule is CC(C)(C)Cc1nc2cc(CCN)ccc2o1. The van der Waals surface area contributed by atoms with Gasteiger partial charge in [-0.25, -0.2) is 4.98 Å². The number of oxazole rings is 1. The Morgan fingerprint density at radius 2 is 2.06 bits per heavy atom. The van der Waals surface area contributed by atoms with Crippen molar-refractivity contribution in [1.82, 2.24) is 4.98 Å². The van der Waals surface area contributed by atoms with Gasteiger partial charge in [-0.05, 0) is 36.1 Å². The minimum atomic E-state index is 0.195. The number of nitrogens with zero attached hydrogens (tertiary/aromatic N) is 1. The van der Waals surface area contributed by atoms with Crippen LogP contribution in [0.3, 0.4) is 0 Å². The van der Waals surface area contributed by atoms with Crippen LogP contribution in [0.1, 0.15) is 32.2 Å². The summed E-state index contributed by atoms with van der Waals surface area (Å²) in [6.45, 7) is 7.21. The second-order valence-electron chi connectivity index (χ2n) is 5.69. The van der Waals surface area contributed by atoms with E-state index >= 15 is 0 Å². The lowest BCUT2D eigenvalue weighted by Crippen LogP contribution is -2.09. The molecule has 0 amide bonds. The first-order valence-corrected chi connectivity index (χ1v) is 6.06. The highest BCUT2D eigenvalue weighted by Crippen LogP contribution is 2.24. The van der Waals surface area contributed by atoms with Gasteiger partial charge in [0, 0.05) is 6.42 Å². The minimum absolute atomic E-state index is 0.195. The van der Waals surface area contributed by atoms with Crippen molar-refractivity contribution in [2.24, 2.45) is 11.1 Å². The molecule has 0 bridgehead atoms. The van der Waals surface area contributed by atoms with E-state index in [0.29, 0.717) is 6.54 Å². The van der Waals surface area contributed by atoms with Gasteiger partial charge in [0.25, 0.3) is 0 Å².